The summed E-state index contributed by atoms with van der Waals surface area (Å²) in [6.45, 7) is 0.813. The Morgan fingerprint density at radius 1 is 1.05 bits per heavy atom. The number of fused-ring (bicyclic) bond motifs is 1. The lowest BCUT2D eigenvalue weighted by Gasteiger charge is -2.28. The fraction of sp³-hybridized carbons (Fsp3) is 0.200. The van der Waals surface area contributed by atoms with Gasteiger partial charge < -0.3 is 15.5 Å². The van der Waals surface area contributed by atoms with Crippen molar-refractivity contribution in [3.63, 3.8) is 0 Å². The first-order chi connectivity index (χ1) is 9.16. The molecule has 1 unspecified atom stereocenters. The summed E-state index contributed by atoms with van der Waals surface area (Å²) in [7, 11) is 0. The van der Waals surface area contributed by atoms with Crippen LogP contribution in [0.3, 0.4) is 0 Å². The van der Waals surface area contributed by atoms with E-state index in [1.165, 1.54) is 0 Å². The van der Waals surface area contributed by atoms with Crippen LogP contribution in [0.5, 0.6) is 11.5 Å². The molecule has 1 aliphatic heterocycles. The summed E-state index contributed by atoms with van der Waals surface area (Å²) in [5, 5.41) is 23.4. The number of hydrogen-bond acceptors (Lipinski definition) is 3. The minimum atomic E-state index is -0.0977. The Morgan fingerprint density at radius 3 is 2.58 bits per heavy atom. The average Bonchev–Trinajstić information content (AvgIpc) is 2.40. The van der Waals surface area contributed by atoms with Gasteiger partial charge in [0.1, 0.15) is 0 Å². The van der Waals surface area contributed by atoms with Gasteiger partial charge in [0.15, 0.2) is 11.5 Å². The molecular formula is C15H14ClNO2. The van der Waals surface area contributed by atoms with Crippen LogP contribution in [0, 0.1) is 0 Å². The van der Waals surface area contributed by atoms with Gasteiger partial charge in [0, 0.05) is 11.6 Å². The van der Waals surface area contributed by atoms with Crippen molar-refractivity contribution in [3.8, 4) is 11.5 Å². The number of nitrogens with one attached hydrogen (secondary N) is 1. The van der Waals surface area contributed by atoms with Gasteiger partial charge in [-0.2, -0.15) is 0 Å². The lowest BCUT2D eigenvalue weighted by molar-refractivity contribution is 0.400. The monoisotopic (exact) mass is 275 g/mol. The SMILES string of the molecule is Oc1cc2c(cc1O)C(c1ccccc1Cl)NCC2. The second-order valence-corrected chi connectivity index (χ2v) is 5.11. The van der Waals surface area contributed by atoms with Crippen molar-refractivity contribution < 1.29 is 10.2 Å². The van der Waals surface area contributed by atoms with Gasteiger partial charge in [-0.15, -0.1) is 0 Å². The molecule has 0 amide bonds. The van der Waals surface area contributed by atoms with E-state index in [9.17, 15) is 10.2 Å². The molecule has 0 aliphatic carbocycles. The highest BCUT2D eigenvalue weighted by molar-refractivity contribution is 6.31. The van der Waals surface area contributed by atoms with Gasteiger partial charge in [0.05, 0.1) is 6.04 Å². The third-order valence-electron chi connectivity index (χ3n) is 3.51. The Kier molecular flexibility index (Phi) is 3.09. The maximum absolute atomic E-state index is 9.70. The van der Waals surface area contributed by atoms with Gasteiger partial charge in [-0.05, 0) is 41.3 Å². The average molecular weight is 276 g/mol. The molecular weight excluding hydrogens is 262 g/mol. The molecule has 19 heavy (non-hydrogen) atoms. The topological polar surface area (TPSA) is 52.5 Å². The molecule has 0 aromatic heterocycles. The summed E-state index contributed by atoms with van der Waals surface area (Å²) in [4.78, 5) is 0. The second-order valence-electron chi connectivity index (χ2n) is 4.70. The molecule has 0 saturated heterocycles. The van der Waals surface area contributed by atoms with Crippen LogP contribution in [0.1, 0.15) is 22.7 Å². The quantitative estimate of drug-likeness (QED) is 0.702. The Bertz CT molecular complexity index is 628. The Labute approximate surface area is 116 Å². The zero-order chi connectivity index (χ0) is 13.4. The zero-order valence-corrected chi connectivity index (χ0v) is 11.0. The van der Waals surface area contributed by atoms with E-state index in [0.717, 1.165) is 29.7 Å². The van der Waals surface area contributed by atoms with Crippen LogP contribution in [-0.4, -0.2) is 16.8 Å². The van der Waals surface area contributed by atoms with E-state index in [0.29, 0.717) is 5.02 Å². The third-order valence-corrected chi connectivity index (χ3v) is 3.85. The van der Waals surface area contributed by atoms with Crippen LogP contribution < -0.4 is 5.32 Å². The van der Waals surface area contributed by atoms with E-state index in [1.807, 2.05) is 24.3 Å². The number of phenolic OH excluding ortho intramolecular Hbond substituents is 2. The normalized spacial score (nSPS) is 18.1. The van der Waals surface area contributed by atoms with Crippen LogP contribution in [0.2, 0.25) is 5.02 Å². The van der Waals surface area contributed by atoms with Crippen LogP contribution in [0.25, 0.3) is 0 Å². The summed E-state index contributed by atoms with van der Waals surface area (Å²) in [6.07, 6.45) is 0.824. The van der Waals surface area contributed by atoms with Gasteiger partial charge in [-0.3, -0.25) is 0 Å². The first kappa shape index (κ1) is 12.3. The maximum atomic E-state index is 9.70. The number of rotatable bonds is 1. The fourth-order valence-corrected chi connectivity index (χ4v) is 2.81. The number of hydrogen-bond donors (Lipinski definition) is 3. The van der Waals surface area contributed by atoms with E-state index < -0.39 is 0 Å². The zero-order valence-electron chi connectivity index (χ0n) is 10.2. The molecule has 3 N–H and O–H groups in total. The third kappa shape index (κ3) is 2.15. The lowest BCUT2D eigenvalue weighted by Crippen LogP contribution is -2.30. The van der Waals surface area contributed by atoms with Crippen molar-refractivity contribution in [2.24, 2.45) is 0 Å². The predicted molar refractivity (Wildman–Crippen MR) is 74.8 cm³/mol. The van der Waals surface area contributed by atoms with Gasteiger partial charge in [-0.1, -0.05) is 29.8 Å². The fourth-order valence-electron chi connectivity index (χ4n) is 2.57. The van der Waals surface area contributed by atoms with E-state index in [2.05, 4.69) is 5.32 Å². The van der Waals surface area contributed by atoms with Crippen LogP contribution in [-0.2, 0) is 6.42 Å². The number of benzene rings is 2. The molecule has 4 heteroatoms. The van der Waals surface area contributed by atoms with Gasteiger partial charge in [0.25, 0.3) is 0 Å². The van der Waals surface area contributed by atoms with Crippen molar-refractivity contribution in [2.75, 3.05) is 6.54 Å². The highest BCUT2D eigenvalue weighted by Gasteiger charge is 2.24. The van der Waals surface area contributed by atoms with Crippen molar-refractivity contribution in [3.05, 3.63) is 58.1 Å². The van der Waals surface area contributed by atoms with Crippen molar-refractivity contribution in [1.29, 1.82) is 0 Å². The molecule has 0 radical (unpaired) electrons. The van der Waals surface area contributed by atoms with Crippen molar-refractivity contribution in [2.45, 2.75) is 12.5 Å². The molecule has 0 saturated carbocycles. The van der Waals surface area contributed by atoms with E-state index >= 15 is 0 Å². The number of halogens is 1. The van der Waals surface area contributed by atoms with Crippen LogP contribution >= 0.6 is 11.6 Å². The van der Waals surface area contributed by atoms with E-state index in [-0.39, 0.29) is 17.5 Å². The Balaban J connectivity index is 2.13. The summed E-state index contributed by atoms with van der Waals surface area (Å²) in [6, 6.07) is 10.9. The van der Waals surface area contributed by atoms with Crippen LogP contribution in [0.15, 0.2) is 36.4 Å². The number of phenols is 2. The van der Waals surface area contributed by atoms with E-state index in [4.69, 9.17) is 11.6 Å². The largest absolute Gasteiger partial charge is 0.504 e. The van der Waals surface area contributed by atoms with Crippen LogP contribution in [0.4, 0.5) is 0 Å². The highest BCUT2D eigenvalue weighted by atomic mass is 35.5. The van der Waals surface area contributed by atoms with Crippen molar-refractivity contribution >= 4 is 11.6 Å². The summed E-state index contributed by atoms with van der Waals surface area (Å²) in [5.41, 5.74) is 2.99. The van der Waals surface area contributed by atoms with E-state index in [1.54, 1.807) is 12.1 Å². The number of aromatic hydroxyl groups is 2. The molecule has 2 aromatic carbocycles. The molecule has 1 heterocycles. The molecule has 1 atom stereocenters. The molecule has 3 nitrogen and oxygen atoms in total. The molecule has 0 fully saturated rings. The minimum Gasteiger partial charge on any atom is -0.504 e. The smallest absolute Gasteiger partial charge is 0.157 e. The summed E-state index contributed by atoms with van der Waals surface area (Å²) in [5.74, 6) is -0.168. The van der Waals surface area contributed by atoms with Gasteiger partial charge in [-0.25, -0.2) is 0 Å². The van der Waals surface area contributed by atoms with Crippen molar-refractivity contribution in [1.82, 2.24) is 5.32 Å². The second kappa shape index (κ2) is 4.76. The maximum Gasteiger partial charge on any atom is 0.157 e. The molecule has 0 bridgehead atoms. The minimum absolute atomic E-state index is 0.0519. The lowest BCUT2D eigenvalue weighted by atomic mass is 9.89. The standard InChI is InChI=1S/C15H14ClNO2/c16-12-4-2-1-3-10(12)15-11-8-14(19)13(18)7-9(11)5-6-17-15/h1-4,7-8,15,17-19H,5-6H2. The molecule has 98 valence electrons. The predicted octanol–water partition coefficient (Wildman–Crippen LogP) is 2.99. The first-order valence-electron chi connectivity index (χ1n) is 6.19. The summed E-state index contributed by atoms with van der Waals surface area (Å²) >= 11 is 6.24. The molecule has 0 spiro atoms. The molecule has 2 aromatic rings. The molecule has 3 rings (SSSR count). The highest BCUT2D eigenvalue weighted by Crippen LogP contribution is 2.37. The Hall–Kier alpha value is -1.71. The summed E-state index contributed by atoms with van der Waals surface area (Å²) < 4.78 is 0. The van der Waals surface area contributed by atoms with Gasteiger partial charge in [0.2, 0.25) is 0 Å². The Morgan fingerprint density at radius 2 is 1.79 bits per heavy atom. The van der Waals surface area contributed by atoms with Gasteiger partial charge >= 0.3 is 0 Å². The first-order valence-corrected chi connectivity index (χ1v) is 6.57. The molecule has 1 aliphatic rings.